The van der Waals surface area contributed by atoms with Crippen LogP contribution in [0.25, 0.3) is 11.4 Å². The molecule has 0 aliphatic carbocycles. The standard InChI is InChI=1S/C15H12ClF6N3O5S/c1-28-7-2-3-9(16)8(4-7)11-24-12(29-5-14(17,18)19)10(31(23,26)27)13(25-11)30-6-15(20,21)22/h2-4H,5-6H2,1H3,(H2,23,26,27). The molecule has 0 amide bonds. The number of methoxy groups -OCH3 is 1. The van der Waals surface area contributed by atoms with Crippen molar-refractivity contribution in [3.05, 3.63) is 23.2 Å². The van der Waals surface area contributed by atoms with Crippen molar-refractivity contribution in [2.24, 2.45) is 5.14 Å². The lowest BCUT2D eigenvalue weighted by Crippen LogP contribution is -2.25. The van der Waals surface area contributed by atoms with E-state index in [9.17, 15) is 34.8 Å². The van der Waals surface area contributed by atoms with E-state index in [1.54, 1.807) is 0 Å². The summed E-state index contributed by atoms with van der Waals surface area (Å²) in [6.07, 6.45) is -9.89. The van der Waals surface area contributed by atoms with Crippen LogP contribution >= 0.6 is 11.6 Å². The molecule has 0 aliphatic heterocycles. The van der Waals surface area contributed by atoms with Gasteiger partial charge in [-0.05, 0) is 18.2 Å². The molecule has 0 spiro atoms. The Kier molecular flexibility index (Phi) is 7.12. The molecule has 1 heterocycles. The number of rotatable bonds is 7. The third-order valence-corrected chi connectivity index (χ3v) is 4.50. The van der Waals surface area contributed by atoms with Gasteiger partial charge in [0.2, 0.25) is 26.7 Å². The third-order valence-electron chi connectivity index (χ3n) is 3.25. The van der Waals surface area contributed by atoms with Crippen molar-refractivity contribution in [2.75, 3.05) is 20.3 Å². The van der Waals surface area contributed by atoms with Crippen LogP contribution in [0, 0.1) is 0 Å². The van der Waals surface area contributed by atoms with E-state index in [1.807, 2.05) is 0 Å². The van der Waals surface area contributed by atoms with Gasteiger partial charge in [0.1, 0.15) is 5.75 Å². The predicted molar refractivity (Wildman–Crippen MR) is 93.5 cm³/mol. The van der Waals surface area contributed by atoms with Crippen LogP contribution in [-0.2, 0) is 10.0 Å². The molecule has 0 bridgehead atoms. The Bertz CT molecular complexity index is 1020. The molecular weight excluding hydrogens is 484 g/mol. The van der Waals surface area contributed by atoms with E-state index in [0.29, 0.717) is 0 Å². The number of ether oxygens (including phenoxy) is 3. The molecule has 0 radical (unpaired) electrons. The number of benzene rings is 1. The number of alkyl halides is 6. The maximum Gasteiger partial charge on any atom is 0.422 e. The van der Waals surface area contributed by atoms with Crippen LogP contribution in [0.15, 0.2) is 23.1 Å². The molecule has 1 aromatic heterocycles. The van der Waals surface area contributed by atoms with E-state index in [-0.39, 0.29) is 16.3 Å². The summed E-state index contributed by atoms with van der Waals surface area (Å²) in [4.78, 5) is 5.72. The van der Waals surface area contributed by atoms with Gasteiger partial charge in [0.25, 0.3) is 0 Å². The van der Waals surface area contributed by atoms with Gasteiger partial charge in [-0.15, -0.1) is 0 Å². The predicted octanol–water partition coefficient (Wildman–Crippen LogP) is 3.34. The van der Waals surface area contributed by atoms with Gasteiger partial charge in [-0.25, -0.2) is 13.6 Å². The summed E-state index contributed by atoms with van der Waals surface area (Å²) < 4.78 is 113. The Morgan fingerprint density at radius 3 is 1.87 bits per heavy atom. The summed E-state index contributed by atoms with van der Waals surface area (Å²) in [5, 5.41) is 4.83. The van der Waals surface area contributed by atoms with E-state index in [4.69, 9.17) is 21.5 Å². The molecule has 8 nitrogen and oxygen atoms in total. The SMILES string of the molecule is COc1ccc(Cl)c(-c2nc(OCC(F)(F)F)c(S(N)(=O)=O)c(OCC(F)(F)F)n2)c1. The van der Waals surface area contributed by atoms with Gasteiger partial charge >= 0.3 is 12.4 Å². The highest BCUT2D eigenvalue weighted by Gasteiger charge is 2.35. The highest BCUT2D eigenvalue weighted by molar-refractivity contribution is 7.89. The maximum absolute atomic E-state index is 12.6. The highest BCUT2D eigenvalue weighted by atomic mass is 35.5. The van der Waals surface area contributed by atoms with E-state index >= 15 is 0 Å². The molecule has 0 atom stereocenters. The average molecular weight is 496 g/mol. The first-order chi connectivity index (χ1) is 14.1. The Morgan fingerprint density at radius 2 is 1.48 bits per heavy atom. The van der Waals surface area contributed by atoms with E-state index in [1.165, 1.54) is 25.3 Å². The molecule has 2 rings (SSSR count). The zero-order valence-electron chi connectivity index (χ0n) is 15.2. The van der Waals surface area contributed by atoms with E-state index < -0.39 is 58.1 Å². The van der Waals surface area contributed by atoms with Gasteiger partial charge in [-0.2, -0.15) is 36.3 Å². The molecule has 0 saturated carbocycles. The summed E-state index contributed by atoms with van der Waals surface area (Å²) in [5.74, 6) is -2.98. The van der Waals surface area contributed by atoms with Crippen molar-refractivity contribution < 1.29 is 49.0 Å². The quantitative estimate of drug-likeness (QED) is 0.586. The average Bonchev–Trinajstić information content (AvgIpc) is 2.62. The van der Waals surface area contributed by atoms with Gasteiger partial charge < -0.3 is 14.2 Å². The summed E-state index contributed by atoms with van der Waals surface area (Å²) in [5.41, 5.74) is -0.129. The summed E-state index contributed by atoms with van der Waals surface area (Å²) in [7, 11) is -3.72. The van der Waals surface area contributed by atoms with E-state index in [2.05, 4.69) is 19.4 Å². The van der Waals surface area contributed by atoms with Crippen molar-refractivity contribution in [3.63, 3.8) is 0 Å². The smallest absolute Gasteiger partial charge is 0.422 e. The number of aromatic nitrogens is 2. The fraction of sp³-hybridized carbons (Fsp3) is 0.333. The molecule has 0 saturated heterocycles. The maximum atomic E-state index is 12.6. The minimum absolute atomic E-state index is 0.0901. The minimum atomic E-state index is -4.99. The number of nitrogens with two attached hydrogens (primary N) is 1. The summed E-state index contributed by atoms with van der Waals surface area (Å²) >= 11 is 6.00. The molecule has 0 unspecified atom stereocenters. The second kappa shape index (κ2) is 8.92. The number of sulfonamides is 1. The molecule has 2 N–H and O–H groups in total. The molecule has 0 fully saturated rings. The molecule has 1 aromatic carbocycles. The highest BCUT2D eigenvalue weighted by Crippen LogP contribution is 2.37. The van der Waals surface area contributed by atoms with Gasteiger partial charge in [-0.1, -0.05) is 11.6 Å². The lowest BCUT2D eigenvalue weighted by Gasteiger charge is -2.17. The fourth-order valence-electron chi connectivity index (χ4n) is 2.07. The normalized spacial score (nSPS) is 12.5. The van der Waals surface area contributed by atoms with Gasteiger partial charge in [0.15, 0.2) is 19.0 Å². The zero-order valence-corrected chi connectivity index (χ0v) is 16.8. The first kappa shape index (κ1) is 24.7. The number of halogens is 7. The minimum Gasteiger partial charge on any atom is -0.497 e. The second-order valence-electron chi connectivity index (χ2n) is 5.69. The topological polar surface area (TPSA) is 114 Å². The Balaban J connectivity index is 2.75. The van der Waals surface area contributed by atoms with Gasteiger partial charge in [-0.3, -0.25) is 0 Å². The van der Waals surface area contributed by atoms with Crippen LogP contribution < -0.4 is 19.3 Å². The van der Waals surface area contributed by atoms with Crippen LogP contribution in [-0.4, -0.2) is 51.1 Å². The van der Waals surface area contributed by atoms with E-state index in [0.717, 1.165) is 0 Å². The first-order valence-electron chi connectivity index (χ1n) is 7.78. The monoisotopic (exact) mass is 495 g/mol. The molecule has 31 heavy (non-hydrogen) atoms. The Morgan fingerprint density at radius 1 is 1.00 bits per heavy atom. The van der Waals surface area contributed by atoms with Crippen LogP contribution in [0.5, 0.6) is 17.5 Å². The van der Waals surface area contributed by atoms with Gasteiger partial charge in [0, 0.05) is 5.56 Å². The lowest BCUT2D eigenvalue weighted by atomic mass is 10.2. The van der Waals surface area contributed by atoms with Crippen LogP contribution in [0.1, 0.15) is 0 Å². The van der Waals surface area contributed by atoms with Crippen LogP contribution in [0.4, 0.5) is 26.3 Å². The molecule has 2 aromatic rings. The number of hydrogen-bond acceptors (Lipinski definition) is 7. The molecular formula is C15H12ClF6N3O5S. The first-order valence-corrected chi connectivity index (χ1v) is 9.71. The van der Waals surface area contributed by atoms with Crippen molar-refractivity contribution in [2.45, 2.75) is 17.2 Å². The number of primary sulfonamides is 1. The molecule has 172 valence electrons. The Hall–Kier alpha value is -2.52. The Labute approximate surface area is 175 Å². The number of hydrogen-bond donors (Lipinski definition) is 1. The second-order valence-corrected chi connectivity index (χ2v) is 7.59. The van der Waals surface area contributed by atoms with Crippen molar-refractivity contribution in [3.8, 4) is 28.9 Å². The summed E-state index contributed by atoms with van der Waals surface area (Å²) in [6, 6.07) is 3.88. The van der Waals surface area contributed by atoms with Crippen molar-refractivity contribution in [1.82, 2.24) is 9.97 Å². The molecule has 16 heteroatoms. The lowest BCUT2D eigenvalue weighted by molar-refractivity contribution is -0.155. The van der Waals surface area contributed by atoms with Gasteiger partial charge in [0.05, 0.1) is 12.1 Å². The van der Waals surface area contributed by atoms with Crippen LogP contribution in [0.2, 0.25) is 5.02 Å². The van der Waals surface area contributed by atoms with Crippen molar-refractivity contribution in [1.29, 1.82) is 0 Å². The largest absolute Gasteiger partial charge is 0.497 e. The zero-order chi connectivity index (χ0) is 23.6. The summed E-state index contributed by atoms with van der Waals surface area (Å²) in [6.45, 7) is -4.06. The van der Waals surface area contributed by atoms with Crippen LogP contribution in [0.3, 0.4) is 0 Å². The number of nitrogens with zero attached hydrogens (tertiary/aromatic N) is 2. The van der Waals surface area contributed by atoms with Crippen molar-refractivity contribution >= 4 is 21.6 Å². The molecule has 0 aliphatic rings. The fourth-order valence-corrected chi connectivity index (χ4v) is 2.97. The third kappa shape index (κ3) is 7.00.